The Morgan fingerprint density at radius 3 is 3.00 bits per heavy atom. The molecule has 0 amide bonds. The average molecular weight is 286 g/mol. The van der Waals surface area contributed by atoms with E-state index in [0.29, 0.717) is 0 Å². The summed E-state index contributed by atoms with van der Waals surface area (Å²) in [4.78, 5) is 3.78. The summed E-state index contributed by atoms with van der Waals surface area (Å²) in [6.45, 7) is 5.77. The lowest BCUT2D eigenvalue weighted by atomic mass is 10.1. The van der Waals surface area contributed by atoms with Crippen LogP contribution in [0.2, 0.25) is 0 Å². The zero-order valence-electron chi connectivity index (χ0n) is 11.9. The van der Waals surface area contributed by atoms with Gasteiger partial charge >= 0.3 is 0 Å². The van der Waals surface area contributed by atoms with Gasteiger partial charge in [-0.2, -0.15) is 5.10 Å². The number of benzene rings is 1. The molecule has 1 radical (unpaired) electrons. The number of nitrogens with one attached hydrogen (secondary N) is 1. The van der Waals surface area contributed by atoms with Crippen molar-refractivity contribution < 1.29 is 0 Å². The maximum absolute atomic E-state index is 4.19. The molecular weight excluding hydrogens is 266 g/mol. The highest BCUT2D eigenvalue weighted by atomic mass is 32.2. The van der Waals surface area contributed by atoms with Crippen molar-refractivity contribution in [1.82, 2.24) is 15.1 Å². The number of nitrogens with zero attached hydrogens (tertiary/aromatic N) is 2. The van der Waals surface area contributed by atoms with Gasteiger partial charge in [0.15, 0.2) is 0 Å². The highest BCUT2D eigenvalue weighted by Gasteiger charge is 2.11. The Morgan fingerprint density at radius 2 is 2.25 bits per heavy atom. The normalized spacial score (nSPS) is 15.8. The molecule has 1 aromatic heterocycles. The summed E-state index contributed by atoms with van der Waals surface area (Å²) in [6.07, 6.45) is 4.70. The lowest BCUT2D eigenvalue weighted by Gasteiger charge is -2.13. The first-order valence-corrected chi connectivity index (χ1v) is 8.19. The molecular formula is C16H20N3S. The van der Waals surface area contributed by atoms with Crippen LogP contribution < -0.4 is 0 Å². The van der Waals surface area contributed by atoms with Crippen molar-refractivity contribution >= 4 is 11.8 Å². The van der Waals surface area contributed by atoms with Gasteiger partial charge < -0.3 is 4.90 Å². The molecule has 0 bridgehead atoms. The first-order valence-electron chi connectivity index (χ1n) is 7.20. The number of hydrogen-bond acceptors (Lipinski definition) is 3. The van der Waals surface area contributed by atoms with E-state index in [4.69, 9.17) is 0 Å². The first-order chi connectivity index (χ1) is 9.83. The summed E-state index contributed by atoms with van der Waals surface area (Å²) >= 11 is 1.90. The minimum Gasteiger partial charge on any atom is -0.303 e. The molecule has 0 spiro atoms. The van der Waals surface area contributed by atoms with E-state index >= 15 is 0 Å². The van der Waals surface area contributed by atoms with Crippen LogP contribution in [-0.4, -0.2) is 40.5 Å². The second-order valence-corrected chi connectivity index (χ2v) is 6.36. The van der Waals surface area contributed by atoms with Crippen LogP contribution in [0.4, 0.5) is 0 Å². The highest BCUT2D eigenvalue weighted by molar-refractivity contribution is 7.99. The van der Waals surface area contributed by atoms with Crippen LogP contribution in [-0.2, 0) is 0 Å². The van der Waals surface area contributed by atoms with Crippen molar-refractivity contribution in [3.05, 3.63) is 36.2 Å². The smallest absolute Gasteiger partial charge is 0.0669 e. The molecule has 0 saturated carbocycles. The summed E-state index contributed by atoms with van der Waals surface area (Å²) in [5.41, 5.74) is 3.45. The number of rotatable bonds is 5. The fraction of sp³-hybridized carbons (Fsp3) is 0.438. The number of hydrogen-bond donors (Lipinski definition) is 1. The van der Waals surface area contributed by atoms with Crippen molar-refractivity contribution in [2.75, 3.05) is 25.4 Å². The standard InChI is InChI=1S/C16H20N3S/c1-13-16(12-17-18-13)14-5-4-6-15(11-14)20-10-9-19-7-2-3-8-19/h4-5,11-12H,2-3,7-10H2,1H3,(H,17,18). The van der Waals surface area contributed by atoms with E-state index in [9.17, 15) is 0 Å². The minimum atomic E-state index is 1.05. The average Bonchev–Trinajstić information content (AvgIpc) is 3.11. The van der Waals surface area contributed by atoms with E-state index in [1.165, 1.54) is 48.5 Å². The van der Waals surface area contributed by atoms with Crippen LogP contribution in [0.3, 0.4) is 0 Å². The van der Waals surface area contributed by atoms with Crippen molar-refractivity contribution in [1.29, 1.82) is 0 Å². The van der Waals surface area contributed by atoms with Gasteiger partial charge in [-0.3, -0.25) is 5.10 Å². The predicted octanol–water partition coefficient (Wildman–Crippen LogP) is 3.37. The molecule has 1 aliphatic heterocycles. The van der Waals surface area contributed by atoms with E-state index in [1.54, 1.807) is 0 Å². The monoisotopic (exact) mass is 286 g/mol. The van der Waals surface area contributed by atoms with Gasteiger partial charge in [0, 0.05) is 29.0 Å². The van der Waals surface area contributed by atoms with Crippen molar-refractivity contribution in [2.24, 2.45) is 0 Å². The Morgan fingerprint density at radius 1 is 1.40 bits per heavy atom. The third-order valence-corrected chi connectivity index (χ3v) is 4.71. The molecule has 2 aromatic rings. The van der Waals surface area contributed by atoms with Crippen LogP contribution >= 0.6 is 11.8 Å². The van der Waals surface area contributed by atoms with Gasteiger partial charge in [0.25, 0.3) is 0 Å². The van der Waals surface area contributed by atoms with Crippen LogP contribution in [0.25, 0.3) is 11.1 Å². The fourth-order valence-electron chi connectivity index (χ4n) is 2.64. The number of thioether (sulfide) groups is 1. The molecule has 1 N–H and O–H groups in total. The lowest BCUT2D eigenvalue weighted by molar-refractivity contribution is 0.362. The van der Waals surface area contributed by atoms with E-state index in [-0.39, 0.29) is 0 Å². The minimum absolute atomic E-state index is 1.05. The van der Waals surface area contributed by atoms with Crippen LogP contribution in [0.1, 0.15) is 18.5 Å². The molecule has 3 nitrogen and oxygen atoms in total. The molecule has 1 saturated heterocycles. The largest absolute Gasteiger partial charge is 0.303 e. The predicted molar refractivity (Wildman–Crippen MR) is 84.0 cm³/mol. The molecule has 0 atom stereocenters. The van der Waals surface area contributed by atoms with E-state index in [0.717, 1.165) is 11.4 Å². The topological polar surface area (TPSA) is 31.9 Å². The highest BCUT2D eigenvalue weighted by Crippen LogP contribution is 2.26. The number of likely N-dealkylation sites (tertiary alicyclic amines) is 1. The SMILES string of the molecule is Cc1n[nH]cc1-c1cc[c]c(SCCN2CCCC2)c1. The van der Waals surface area contributed by atoms with Gasteiger partial charge in [-0.05, 0) is 50.6 Å². The molecule has 2 heterocycles. The molecule has 1 aromatic carbocycles. The van der Waals surface area contributed by atoms with Crippen molar-refractivity contribution in [3.8, 4) is 11.1 Å². The number of aryl methyl sites for hydroxylation is 1. The molecule has 3 rings (SSSR count). The van der Waals surface area contributed by atoms with Gasteiger partial charge in [-0.1, -0.05) is 12.1 Å². The molecule has 1 aliphatic rings. The fourth-order valence-corrected chi connectivity index (χ4v) is 3.57. The first kappa shape index (κ1) is 13.7. The summed E-state index contributed by atoms with van der Waals surface area (Å²) in [6, 6.07) is 9.66. The van der Waals surface area contributed by atoms with Gasteiger partial charge in [0.05, 0.1) is 5.69 Å². The number of aromatic nitrogens is 2. The Kier molecular flexibility index (Phi) is 4.43. The number of H-pyrrole nitrogens is 1. The van der Waals surface area contributed by atoms with E-state index in [2.05, 4.69) is 33.3 Å². The van der Waals surface area contributed by atoms with Gasteiger partial charge in [0.1, 0.15) is 0 Å². The zero-order valence-corrected chi connectivity index (χ0v) is 12.7. The molecule has 0 aliphatic carbocycles. The third kappa shape index (κ3) is 3.25. The zero-order chi connectivity index (χ0) is 13.8. The van der Waals surface area contributed by atoms with Crippen LogP contribution in [0, 0.1) is 13.0 Å². The Bertz CT molecular complexity index is 558. The lowest BCUT2D eigenvalue weighted by Crippen LogP contribution is -2.21. The molecule has 20 heavy (non-hydrogen) atoms. The quantitative estimate of drug-likeness (QED) is 0.855. The van der Waals surface area contributed by atoms with E-state index < -0.39 is 0 Å². The molecule has 105 valence electrons. The third-order valence-electron chi connectivity index (χ3n) is 3.78. The Labute approximate surface area is 124 Å². The van der Waals surface area contributed by atoms with Crippen molar-refractivity contribution in [2.45, 2.75) is 24.7 Å². The molecule has 4 heteroatoms. The van der Waals surface area contributed by atoms with Gasteiger partial charge in [0.2, 0.25) is 0 Å². The maximum Gasteiger partial charge on any atom is 0.0669 e. The molecule has 0 unspecified atom stereocenters. The van der Waals surface area contributed by atoms with Gasteiger partial charge in [-0.15, -0.1) is 11.8 Å². The second-order valence-electron chi connectivity index (χ2n) is 5.22. The van der Waals surface area contributed by atoms with Crippen molar-refractivity contribution in [3.63, 3.8) is 0 Å². The summed E-state index contributed by atoms with van der Waals surface area (Å²) in [7, 11) is 0. The second kappa shape index (κ2) is 6.46. The van der Waals surface area contributed by atoms with Crippen LogP contribution in [0.15, 0.2) is 29.3 Å². The Hall–Kier alpha value is -1.26. The Balaban J connectivity index is 1.61. The van der Waals surface area contributed by atoms with Gasteiger partial charge in [-0.25, -0.2) is 0 Å². The summed E-state index contributed by atoms with van der Waals surface area (Å²) in [5.74, 6) is 1.14. The summed E-state index contributed by atoms with van der Waals surface area (Å²) < 4.78 is 0. The molecule has 1 fully saturated rings. The summed E-state index contributed by atoms with van der Waals surface area (Å²) in [5, 5.41) is 7.11. The van der Waals surface area contributed by atoms with E-state index in [1.807, 2.05) is 30.9 Å². The maximum atomic E-state index is 4.19. The number of aromatic amines is 1. The van der Waals surface area contributed by atoms with Crippen LogP contribution in [0.5, 0.6) is 0 Å².